The summed E-state index contributed by atoms with van der Waals surface area (Å²) in [5.41, 5.74) is 1.41. The van der Waals surface area contributed by atoms with E-state index in [1.807, 2.05) is 49.5 Å². The Morgan fingerprint density at radius 1 is 1.03 bits per heavy atom. The van der Waals surface area contributed by atoms with Gasteiger partial charge in [0.05, 0.1) is 35.5 Å². The Labute approximate surface area is 184 Å². The van der Waals surface area contributed by atoms with Crippen LogP contribution in [0.2, 0.25) is 5.02 Å². The third-order valence-corrected chi connectivity index (χ3v) is 7.49. The van der Waals surface area contributed by atoms with Gasteiger partial charge in [-0.3, -0.25) is 0 Å². The first kappa shape index (κ1) is 22.0. The lowest BCUT2D eigenvalue weighted by Gasteiger charge is -2.16. The van der Waals surface area contributed by atoms with E-state index in [4.69, 9.17) is 30.5 Å². The normalized spacial score (nSPS) is 14.1. The van der Waals surface area contributed by atoms with E-state index in [1.54, 1.807) is 19.2 Å². The lowest BCUT2D eigenvalue weighted by atomic mass is 10.2. The van der Waals surface area contributed by atoms with Crippen LogP contribution in [0.4, 0.5) is 0 Å². The second-order valence-electron chi connectivity index (χ2n) is 6.53. The number of hydrogen-bond donors (Lipinski definition) is 0. The number of thioether (sulfide) groups is 2. The van der Waals surface area contributed by atoms with Gasteiger partial charge in [0.25, 0.3) is 0 Å². The average Bonchev–Trinajstić information content (AvgIpc) is 3.24. The fraction of sp³-hybridized carbons (Fsp3) is 0.381. The molecule has 5 nitrogen and oxygen atoms in total. The van der Waals surface area contributed by atoms with Crippen molar-refractivity contribution in [3.05, 3.63) is 46.5 Å². The highest BCUT2D eigenvalue weighted by Gasteiger charge is 2.22. The zero-order valence-electron chi connectivity index (χ0n) is 16.7. The van der Waals surface area contributed by atoms with Crippen LogP contribution in [0, 0.1) is 0 Å². The molecule has 0 radical (unpaired) electrons. The van der Waals surface area contributed by atoms with Gasteiger partial charge in [-0.2, -0.15) is 0 Å². The summed E-state index contributed by atoms with van der Waals surface area (Å²) in [5, 5.41) is 0.280. The molecule has 0 aromatic heterocycles. The zero-order chi connectivity index (χ0) is 21.0. The molecule has 0 N–H and O–H groups in total. The van der Waals surface area contributed by atoms with Gasteiger partial charge in [-0.1, -0.05) is 17.7 Å². The Bertz CT molecular complexity index is 882. The summed E-state index contributed by atoms with van der Waals surface area (Å²) in [6.07, 6.45) is -0.0850. The second-order valence-corrected chi connectivity index (χ2v) is 9.66. The third-order valence-electron chi connectivity index (χ3n) is 4.10. The highest BCUT2D eigenvalue weighted by atomic mass is 35.5. The highest BCUT2D eigenvalue weighted by molar-refractivity contribution is 8.19. The summed E-state index contributed by atoms with van der Waals surface area (Å²) in [5.74, 6) is 3.34. The molecule has 29 heavy (non-hydrogen) atoms. The largest absolute Gasteiger partial charge is 0.493 e. The molecule has 0 atom stereocenters. The number of rotatable bonds is 7. The summed E-state index contributed by atoms with van der Waals surface area (Å²) < 4.78 is 22.4. The average molecular weight is 455 g/mol. The smallest absolute Gasteiger partial charge is 0.343 e. The maximum Gasteiger partial charge on any atom is 0.343 e. The van der Waals surface area contributed by atoms with Gasteiger partial charge in [0.15, 0.2) is 23.0 Å². The standard InChI is InChI=1S/C21H23ClO5S2/c1-12(2)26-19-15(22)9-14(11-18(19)25-4)20(23)27-16-6-5-13(10-17(16)24-3)21-28-7-8-29-21/h5-6,9-12,21H,7-8H2,1-4H3. The van der Waals surface area contributed by atoms with Crippen LogP contribution in [0.15, 0.2) is 30.3 Å². The van der Waals surface area contributed by atoms with Crippen LogP contribution in [-0.4, -0.2) is 37.8 Å². The first-order valence-corrected chi connectivity index (χ1v) is 11.6. The number of halogens is 1. The molecule has 1 fully saturated rings. The first-order chi connectivity index (χ1) is 13.9. The maximum absolute atomic E-state index is 12.7. The first-order valence-electron chi connectivity index (χ1n) is 9.10. The van der Waals surface area contributed by atoms with Gasteiger partial charge in [-0.15, -0.1) is 23.5 Å². The SMILES string of the molecule is COc1cc(C2SCCS2)ccc1OC(=O)c1cc(Cl)c(OC(C)C)c(OC)c1. The van der Waals surface area contributed by atoms with Gasteiger partial charge in [0, 0.05) is 11.5 Å². The number of benzene rings is 2. The molecule has 2 aromatic rings. The van der Waals surface area contributed by atoms with Crippen LogP contribution in [0.3, 0.4) is 0 Å². The van der Waals surface area contributed by atoms with Crippen LogP contribution in [0.5, 0.6) is 23.0 Å². The van der Waals surface area contributed by atoms with Gasteiger partial charge < -0.3 is 18.9 Å². The molecule has 8 heteroatoms. The number of methoxy groups -OCH3 is 2. The van der Waals surface area contributed by atoms with E-state index in [1.165, 1.54) is 13.2 Å². The number of ether oxygens (including phenoxy) is 4. The monoisotopic (exact) mass is 454 g/mol. The fourth-order valence-corrected chi connectivity index (χ4v) is 5.91. The van der Waals surface area contributed by atoms with Gasteiger partial charge in [0.2, 0.25) is 0 Å². The summed E-state index contributed by atoms with van der Waals surface area (Å²) in [6, 6.07) is 8.72. The number of hydrogen-bond acceptors (Lipinski definition) is 7. The fourth-order valence-electron chi connectivity index (χ4n) is 2.81. The quantitative estimate of drug-likeness (QED) is 0.384. The molecule has 1 heterocycles. The van der Waals surface area contributed by atoms with Gasteiger partial charge in [0.1, 0.15) is 0 Å². The van der Waals surface area contributed by atoms with Crippen molar-refractivity contribution in [1.29, 1.82) is 0 Å². The molecular formula is C21H23ClO5S2. The van der Waals surface area contributed by atoms with Crippen molar-refractivity contribution >= 4 is 41.1 Å². The minimum Gasteiger partial charge on any atom is -0.493 e. The molecule has 0 spiro atoms. The predicted octanol–water partition coefficient (Wildman–Crippen LogP) is 5.84. The van der Waals surface area contributed by atoms with Crippen LogP contribution < -0.4 is 18.9 Å². The zero-order valence-corrected chi connectivity index (χ0v) is 19.1. The van der Waals surface area contributed by atoms with Crippen molar-refractivity contribution in [2.24, 2.45) is 0 Å². The molecule has 1 aliphatic heterocycles. The van der Waals surface area contributed by atoms with Crippen molar-refractivity contribution in [3.63, 3.8) is 0 Å². The topological polar surface area (TPSA) is 54.0 Å². The predicted molar refractivity (Wildman–Crippen MR) is 119 cm³/mol. The molecule has 1 aliphatic rings. The maximum atomic E-state index is 12.7. The number of esters is 1. The molecule has 0 amide bonds. The van der Waals surface area contributed by atoms with E-state index in [0.717, 1.165) is 17.1 Å². The third kappa shape index (κ3) is 5.27. The lowest BCUT2D eigenvalue weighted by molar-refractivity contribution is 0.0729. The molecule has 0 bridgehead atoms. The van der Waals surface area contributed by atoms with E-state index in [2.05, 4.69) is 0 Å². The summed E-state index contributed by atoms with van der Waals surface area (Å²) in [4.78, 5) is 12.7. The van der Waals surface area contributed by atoms with Crippen molar-refractivity contribution in [2.45, 2.75) is 24.5 Å². The van der Waals surface area contributed by atoms with Crippen molar-refractivity contribution in [3.8, 4) is 23.0 Å². The Morgan fingerprint density at radius 3 is 2.34 bits per heavy atom. The Balaban J connectivity index is 1.83. The van der Waals surface area contributed by atoms with Crippen LogP contribution >= 0.6 is 35.1 Å². The van der Waals surface area contributed by atoms with E-state index >= 15 is 0 Å². The minimum absolute atomic E-state index is 0.0850. The molecule has 1 saturated heterocycles. The van der Waals surface area contributed by atoms with E-state index in [9.17, 15) is 4.79 Å². The Morgan fingerprint density at radius 2 is 1.72 bits per heavy atom. The molecule has 0 saturated carbocycles. The van der Waals surface area contributed by atoms with Gasteiger partial charge >= 0.3 is 5.97 Å². The van der Waals surface area contributed by atoms with E-state index in [0.29, 0.717) is 27.6 Å². The number of carbonyl (C=O) groups is 1. The second kappa shape index (κ2) is 9.87. The lowest BCUT2D eigenvalue weighted by Crippen LogP contribution is -2.11. The number of carbonyl (C=O) groups excluding carboxylic acids is 1. The van der Waals surface area contributed by atoms with E-state index < -0.39 is 5.97 Å². The van der Waals surface area contributed by atoms with Crippen molar-refractivity contribution in [2.75, 3.05) is 25.7 Å². The van der Waals surface area contributed by atoms with Crippen molar-refractivity contribution < 1.29 is 23.7 Å². The summed E-state index contributed by atoms with van der Waals surface area (Å²) >= 11 is 10.1. The van der Waals surface area contributed by atoms with Gasteiger partial charge in [-0.05, 0) is 43.7 Å². The van der Waals surface area contributed by atoms with E-state index in [-0.39, 0.29) is 16.7 Å². The Hall–Kier alpha value is -1.70. The van der Waals surface area contributed by atoms with Crippen LogP contribution in [0.25, 0.3) is 0 Å². The van der Waals surface area contributed by atoms with Crippen molar-refractivity contribution in [1.82, 2.24) is 0 Å². The van der Waals surface area contributed by atoms with Crippen LogP contribution in [-0.2, 0) is 0 Å². The summed E-state index contributed by atoms with van der Waals surface area (Å²) in [7, 11) is 3.05. The summed E-state index contributed by atoms with van der Waals surface area (Å²) in [6.45, 7) is 3.77. The molecule has 0 aliphatic carbocycles. The molecule has 3 rings (SSSR count). The molecule has 2 aromatic carbocycles. The minimum atomic E-state index is -0.558. The molecule has 0 unspecified atom stereocenters. The molecule has 156 valence electrons. The highest BCUT2D eigenvalue weighted by Crippen LogP contribution is 2.47. The van der Waals surface area contributed by atoms with Gasteiger partial charge in [-0.25, -0.2) is 4.79 Å². The Kier molecular flexibility index (Phi) is 7.49. The molecular weight excluding hydrogens is 432 g/mol. The van der Waals surface area contributed by atoms with Crippen LogP contribution in [0.1, 0.15) is 34.4 Å².